The molecule has 224 valence electrons. The lowest BCUT2D eigenvalue weighted by Gasteiger charge is -2.09. The van der Waals surface area contributed by atoms with Crippen LogP contribution in [0.4, 0.5) is 0 Å². The molecule has 10 rings (SSSR count). The van der Waals surface area contributed by atoms with Crippen molar-refractivity contribution < 1.29 is 4.42 Å². The van der Waals surface area contributed by atoms with Gasteiger partial charge in [-0.3, -0.25) is 0 Å². The standard InChI is InChI=1S/C44H27N3O/c1-2-12-34(13-3-1)47-39-16-7-6-15-36(39)38-26-32(22-24-40(38)47)29-19-17-28(18-20-29)31-10-8-11-33(25-31)41-44-42(46-27-45-41)37-23-21-30-9-4-5-14-35(30)43(37)48-44/h1-27H. The van der Waals surface area contributed by atoms with Crippen molar-refractivity contribution in [3.63, 3.8) is 0 Å². The smallest absolute Gasteiger partial charge is 0.180 e. The van der Waals surface area contributed by atoms with E-state index >= 15 is 0 Å². The molecule has 0 fully saturated rings. The Morgan fingerprint density at radius 3 is 1.96 bits per heavy atom. The minimum Gasteiger partial charge on any atom is -0.451 e. The van der Waals surface area contributed by atoms with Crippen LogP contribution in [0.3, 0.4) is 0 Å². The summed E-state index contributed by atoms with van der Waals surface area (Å²) in [7, 11) is 0. The van der Waals surface area contributed by atoms with E-state index in [1.165, 1.54) is 38.6 Å². The normalized spacial score (nSPS) is 11.8. The summed E-state index contributed by atoms with van der Waals surface area (Å²) in [5, 5.41) is 5.72. The molecule has 0 spiro atoms. The summed E-state index contributed by atoms with van der Waals surface area (Å²) in [5.41, 5.74) is 12.4. The maximum Gasteiger partial charge on any atom is 0.180 e. The van der Waals surface area contributed by atoms with Crippen LogP contribution in [0.15, 0.2) is 168 Å². The fourth-order valence-electron chi connectivity index (χ4n) is 7.22. The third kappa shape index (κ3) is 4.10. The van der Waals surface area contributed by atoms with Gasteiger partial charge in [0, 0.05) is 32.8 Å². The Hall–Kier alpha value is -6.52. The Labute approximate surface area is 276 Å². The number of furan rings is 1. The first-order valence-corrected chi connectivity index (χ1v) is 16.1. The van der Waals surface area contributed by atoms with Gasteiger partial charge < -0.3 is 8.98 Å². The Bertz CT molecular complexity index is 2830. The molecule has 0 aliphatic carbocycles. The molecular weight excluding hydrogens is 587 g/mol. The Balaban J connectivity index is 1.03. The molecule has 0 bridgehead atoms. The minimum atomic E-state index is 0.709. The largest absolute Gasteiger partial charge is 0.451 e. The third-order valence-electron chi connectivity index (χ3n) is 9.52. The lowest BCUT2D eigenvalue weighted by atomic mass is 9.97. The van der Waals surface area contributed by atoms with Crippen molar-refractivity contribution in [2.24, 2.45) is 0 Å². The second-order valence-electron chi connectivity index (χ2n) is 12.2. The number of fused-ring (bicyclic) bond motifs is 8. The van der Waals surface area contributed by atoms with Crippen molar-refractivity contribution >= 4 is 54.6 Å². The number of hydrogen-bond donors (Lipinski definition) is 0. The van der Waals surface area contributed by atoms with Crippen molar-refractivity contribution in [2.75, 3.05) is 0 Å². The van der Waals surface area contributed by atoms with Gasteiger partial charge >= 0.3 is 0 Å². The van der Waals surface area contributed by atoms with Crippen LogP contribution in [0.2, 0.25) is 0 Å². The highest BCUT2D eigenvalue weighted by atomic mass is 16.3. The molecule has 0 saturated heterocycles. The number of rotatable bonds is 4. The summed E-state index contributed by atoms with van der Waals surface area (Å²) in [4.78, 5) is 9.33. The number of para-hydroxylation sites is 2. The second kappa shape index (κ2) is 10.5. The van der Waals surface area contributed by atoms with Gasteiger partial charge in [-0.2, -0.15) is 0 Å². The van der Waals surface area contributed by atoms with Gasteiger partial charge in [-0.1, -0.05) is 115 Å². The molecule has 0 amide bonds. The lowest BCUT2D eigenvalue weighted by Crippen LogP contribution is -1.92. The molecule has 0 saturated carbocycles. The maximum absolute atomic E-state index is 6.52. The molecule has 0 atom stereocenters. The van der Waals surface area contributed by atoms with E-state index in [4.69, 9.17) is 9.40 Å². The van der Waals surface area contributed by atoms with E-state index in [-0.39, 0.29) is 0 Å². The molecule has 48 heavy (non-hydrogen) atoms. The zero-order chi connectivity index (χ0) is 31.6. The molecular formula is C44H27N3O. The van der Waals surface area contributed by atoms with Crippen molar-refractivity contribution in [3.8, 4) is 39.2 Å². The van der Waals surface area contributed by atoms with E-state index in [0.717, 1.165) is 49.6 Å². The molecule has 0 aliphatic rings. The van der Waals surface area contributed by atoms with Crippen molar-refractivity contribution in [1.29, 1.82) is 0 Å². The molecule has 3 aromatic heterocycles. The molecule has 0 unspecified atom stereocenters. The zero-order valence-electron chi connectivity index (χ0n) is 25.8. The van der Waals surface area contributed by atoms with E-state index in [2.05, 4.69) is 155 Å². The predicted molar refractivity (Wildman–Crippen MR) is 197 cm³/mol. The quantitative estimate of drug-likeness (QED) is 0.198. The van der Waals surface area contributed by atoms with E-state index < -0.39 is 0 Å². The number of nitrogens with zero attached hydrogens (tertiary/aromatic N) is 3. The van der Waals surface area contributed by atoms with Gasteiger partial charge in [0.1, 0.15) is 23.1 Å². The van der Waals surface area contributed by atoms with E-state index in [1.54, 1.807) is 6.33 Å². The fourth-order valence-corrected chi connectivity index (χ4v) is 7.22. The van der Waals surface area contributed by atoms with Gasteiger partial charge in [0.25, 0.3) is 0 Å². The van der Waals surface area contributed by atoms with Crippen LogP contribution < -0.4 is 0 Å². The van der Waals surface area contributed by atoms with Gasteiger partial charge in [-0.15, -0.1) is 0 Å². The minimum absolute atomic E-state index is 0.709. The average molecular weight is 614 g/mol. The van der Waals surface area contributed by atoms with Crippen LogP contribution in [0, 0.1) is 0 Å². The molecule has 7 aromatic carbocycles. The van der Waals surface area contributed by atoms with Gasteiger partial charge in [-0.25, -0.2) is 9.97 Å². The molecule has 4 nitrogen and oxygen atoms in total. The molecule has 0 aliphatic heterocycles. The summed E-state index contributed by atoms with van der Waals surface area (Å²) in [6.45, 7) is 0. The predicted octanol–water partition coefficient (Wildman–Crippen LogP) is 11.6. The van der Waals surface area contributed by atoms with Crippen molar-refractivity contribution in [1.82, 2.24) is 14.5 Å². The highest BCUT2D eigenvalue weighted by Crippen LogP contribution is 2.38. The Morgan fingerprint density at radius 2 is 1.10 bits per heavy atom. The van der Waals surface area contributed by atoms with Gasteiger partial charge in [-0.05, 0) is 70.1 Å². The van der Waals surface area contributed by atoms with Gasteiger partial charge in [0.2, 0.25) is 0 Å². The summed E-state index contributed by atoms with van der Waals surface area (Å²) in [6, 6.07) is 55.9. The SMILES string of the molecule is c1ccc(-n2c3ccccc3c3cc(-c4ccc(-c5cccc(-c6ncnc7c6oc6c8ccccc8ccc76)c5)cc4)ccc32)cc1. The number of hydrogen-bond acceptors (Lipinski definition) is 3. The first kappa shape index (κ1) is 26.7. The molecule has 4 heteroatoms. The Kier molecular flexibility index (Phi) is 5.84. The topological polar surface area (TPSA) is 43.9 Å². The average Bonchev–Trinajstić information content (AvgIpc) is 3.71. The fraction of sp³-hybridized carbons (Fsp3) is 0. The summed E-state index contributed by atoms with van der Waals surface area (Å²) < 4.78 is 8.87. The van der Waals surface area contributed by atoms with Crippen LogP contribution in [0.5, 0.6) is 0 Å². The first-order chi connectivity index (χ1) is 23.8. The summed E-state index contributed by atoms with van der Waals surface area (Å²) >= 11 is 0. The highest BCUT2D eigenvalue weighted by molar-refractivity contribution is 6.15. The molecule has 0 N–H and O–H groups in total. The highest BCUT2D eigenvalue weighted by Gasteiger charge is 2.17. The number of aromatic nitrogens is 3. The van der Waals surface area contributed by atoms with E-state index in [1.807, 2.05) is 12.1 Å². The van der Waals surface area contributed by atoms with Crippen LogP contribution in [-0.2, 0) is 0 Å². The second-order valence-corrected chi connectivity index (χ2v) is 12.2. The summed E-state index contributed by atoms with van der Waals surface area (Å²) in [6.07, 6.45) is 1.64. The van der Waals surface area contributed by atoms with Crippen LogP contribution in [-0.4, -0.2) is 14.5 Å². The van der Waals surface area contributed by atoms with Gasteiger partial charge in [0.15, 0.2) is 5.58 Å². The van der Waals surface area contributed by atoms with E-state index in [0.29, 0.717) is 5.58 Å². The zero-order valence-corrected chi connectivity index (χ0v) is 25.8. The summed E-state index contributed by atoms with van der Waals surface area (Å²) in [5.74, 6) is 0. The maximum atomic E-state index is 6.52. The van der Waals surface area contributed by atoms with Crippen molar-refractivity contribution in [3.05, 3.63) is 164 Å². The van der Waals surface area contributed by atoms with Crippen LogP contribution in [0.25, 0.3) is 93.8 Å². The first-order valence-electron chi connectivity index (χ1n) is 16.1. The third-order valence-corrected chi connectivity index (χ3v) is 9.52. The monoisotopic (exact) mass is 613 g/mol. The molecule has 10 aromatic rings. The van der Waals surface area contributed by atoms with Gasteiger partial charge in [0.05, 0.1) is 11.0 Å². The Morgan fingerprint density at radius 1 is 0.417 bits per heavy atom. The lowest BCUT2D eigenvalue weighted by molar-refractivity contribution is 0.671. The van der Waals surface area contributed by atoms with E-state index in [9.17, 15) is 0 Å². The molecule has 3 heterocycles. The van der Waals surface area contributed by atoms with Crippen LogP contribution in [0.1, 0.15) is 0 Å². The molecule has 0 radical (unpaired) electrons. The van der Waals surface area contributed by atoms with Crippen molar-refractivity contribution in [2.45, 2.75) is 0 Å². The van der Waals surface area contributed by atoms with Crippen LogP contribution >= 0.6 is 0 Å². The number of benzene rings is 7.